The van der Waals surface area contributed by atoms with Crippen LogP contribution >= 0.6 is 0 Å². The van der Waals surface area contributed by atoms with Gasteiger partial charge in [0, 0.05) is 30.4 Å². The zero-order valence-electron chi connectivity index (χ0n) is 12.7. The summed E-state index contributed by atoms with van der Waals surface area (Å²) in [4.78, 5) is 16.8. The number of fused-ring (bicyclic) bond motifs is 1. The Morgan fingerprint density at radius 1 is 1.26 bits per heavy atom. The van der Waals surface area contributed by atoms with Crippen LogP contribution in [0, 0.1) is 0 Å². The Morgan fingerprint density at radius 3 is 3.04 bits per heavy atom. The summed E-state index contributed by atoms with van der Waals surface area (Å²) < 4.78 is 7.17. The number of aromatic nitrogens is 2. The van der Waals surface area contributed by atoms with E-state index in [1.807, 2.05) is 24.3 Å². The molecule has 0 saturated heterocycles. The van der Waals surface area contributed by atoms with Crippen LogP contribution in [0.5, 0.6) is 0 Å². The minimum absolute atomic E-state index is 0.181. The first kappa shape index (κ1) is 13.8. The number of anilines is 1. The van der Waals surface area contributed by atoms with Crippen molar-refractivity contribution in [3.63, 3.8) is 0 Å². The van der Waals surface area contributed by atoms with Gasteiger partial charge in [-0.3, -0.25) is 4.79 Å². The fourth-order valence-electron chi connectivity index (χ4n) is 2.90. The number of benzene rings is 1. The topological polar surface area (TPSA) is 60.1 Å². The van der Waals surface area contributed by atoms with E-state index in [0.717, 1.165) is 35.7 Å². The molecule has 4 rings (SSSR count). The van der Waals surface area contributed by atoms with Crippen molar-refractivity contribution in [1.29, 1.82) is 0 Å². The van der Waals surface area contributed by atoms with Crippen LogP contribution in [0.1, 0.15) is 29.0 Å². The molecule has 0 bridgehead atoms. The van der Waals surface area contributed by atoms with Crippen LogP contribution in [0.2, 0.25) is 0 Å². The molecule has 0 spiro atoms. The van der Waals surface area contributed by atoms with Gasteiger partial charge in [-0.15, -0.1) is 0 Å². The van der Waals surface area contributed by atoms with E-state index in [2.05, 4.69) is 16.1 Å². The van der Waals surface area contributed by atoms with Crippen LogP contribution in [0.4, 0.5) is 5.69 Å². The first-order valence-electron chi connectivity index (χ1n) is 7.80. The normalized spacial score (nSPS) is 13.6. The molecule has 0 radical (unpaired) electrons. The summed E-state index contributed by atoms with van der Waals surface area (Å²) in [6, 6.07) is 9.41. The Kier molecular flexibility index (Phi) is 3.46. The van der Waals surface area contributed by atoms with E-state index in [-0.39, 0.29) is 5.91 Å². The van der Waals surface area contributed by atoms with Crippen molar-refractivity contribution >= 4 is 11.6 Å². The van der Waals surface area contributed by atoms with E-state index in [0.29, 0.717) is 5.56 Å². The molecule has 1 aromatic carbocycles. The second-order valence-corrected chi connectivity index (χ2v) is 5.74. The van der Waals surface area contributed by atoms with E-state index < -0.39 is 0 Å². The highest BCUT2D eigenvalue weighted by Crippen LogP contribution is 2.25. The number of carbonyl (C=O) groups excluding carboxylic acids is 1. The molecule has 0 unspecified atom stereocenters. The molecule has 5 heteroatoms. The van der Waals surface area contributed by atoms with Gasteiger partial charge in [-0.05, 0) is 31.0 Å². The second kappa shape index (κ2) is 5.76. The summed E-state index contributed by atoms with van der Waals surface area (Å²) in [6.45, 7) is 1.04. The third kappa shape index (κ3) is 2.77. The molecular formula is C18H17N3O2. The summed E-state index contributed by atoms with van der Waals surface area (Å²) in [6.07, 6.45) is 8.48. The van der Waals surface area contributed by atoms with Crippen molar-refractivity contribution in [1.82, 2.24) is 9.55 Å². The minimum atomic E-state index is -0.181. The molecule has 1 aliphatic rings. The van der Waals surface area contributed by atoms with Gasteiger partial charge in [-0.1, -0.05) is 12.1 Å². The Labute approximate surface area is 134 Å². The number of amides is 1. The number of hydrogen-bond acceptors (Lipinski definition) is 3. The Hall–Kier alpha value is -2.82. The van der Waals surface area contributed by atoms with E-state index in [1.165, 1.54) is 25.4 Å². The monoisotopic (exact) mass is 307 g/mol. The van der Waals surface area contributed by atoms with Gasteiger partial charge in [0.1, 0.15) is 12.1 Å². The highest BCUT2D eigenvalue weighted by Gasteiger charge is 2.14. The largest absolute Gasteiger partial charge is 0.472 e. The average Bonchev–Trinajstić information content (AvgIpc) is 3.24. The smallest absolute Gasteiger partial charge is 0.258 e. The van der Waals surface area contributed by atoms with Crippen LogP contribution in [0.3, 0.4) is 0 Å². The molecule has 0 atom stereocenters. The number of furan rings is 1. The van der Waals surface area contributed by atoms with E-state index in [4.69, 9.17) is 9.40 Å². The molecule has 23 heavy (non-hydrogen) atoms. The number of hydrogen-bond donors (Lipinski definition) is 1. The van der Waals surface area contributed by atoms with E-state index in [9.17, 15) is 4.79 Å². The highest BCUT2D eigenvalue weighted by molar-refractivity contribution is 6.04. The van der Waals surface area contributed by atoms with Crippen LogP contribution in [-0.2, 0) is 13.0 Å². The molecule has 1 N–H and O–H groups in total. The van der Waals surface area contributed by atoms with Gasteiger partial charge in [-0.2, -0.15) is 0 Å². The number of imidazole rings is 1. The fourth-order valence-corrected chi connectivity index (χ4v) is 2.90. The zero-order valence-corrected chi connectivity index (χ0v) is 12.7. The first-order valence-corrected chi connectivity index (χ1v) is 7.80. The van der Waals surface area contributed by atoms with Crippen molar-refractivity contribution in [3.8, 4) is 11.3 Å². The first-order chi connectivity index (χ1) is 11.3. The van der Waals surface area contributed by atoms with Crippen molar-refractivity contribution in [2.75, 3.05) is 5.32 Å². The van der Waals surface area contributed by atoms with Gasteiger partial charge >= 0.3 is 0 Å². The van der Waals surface area contributed by atoms with Crippen molar-refractivity contribution in [3.05, 3.63) is 60.4 Å². The lowest BCUT2D eigenvalue weighted by Crippen LogP contribution is -2.10. The maximum Gasteiger partial charge on any atom is 0.258 e. The molecule has 3 heterocycles. The standard InChI is InChI=1S/C18H17N3O2/c22-18(14-7-9-23-12-14)19-15-5-3-4-13(10-15)16-11-21-8-2-1-6-17(21)20-16/h3-5,7,9-12H,1-2,6,8H2,(H,19,22). The second-order valence-electron chi connectivity index (χ2n) is 5.74. The van der Waals surface area contributed by atoms with Crippen LogP contribution in [0.15, 0.2) is 53.5 Å². The Balaban J connectivity index is 1.58. The molecule has 116 valence electrons. The summed E-state index contributed by atoms with van der Waals surface area (Å²) >= 11 is 0. The molecule has 3 aromatic rings. The fraction of sp³-hybridized carbons (Fsp3) is 0.222. The van der Waals surface area contributed by atoms with Crippen molar-refractivity contribution < 1.29 is 9.21 Å². The van der Waals surface area contributed by atoms with Crippen molar-refractivity contribution in [2.24, 2.45) is 0 Å². The summed E-state index contributed by atoms with van der Waals surface area (Å²) in [7, 11) is 0. The molecule has 0 saturated carbocycles. The number of carbonyl (C=O) groups is 1. The number of nitrogens with zero attached hydrogens (tertiary/aromatic N) is 2. The quantitative estimate of drug-likeness (QED) is 0.802. The van der Waals surface area contributed by atoms with Crippen LogP contribution in [0.25, 0.3) is 11.3 Å². The van der Waals surface area contributed by atoms with E-state index in [1.54, 1.807) is 6.07 Å². The highest BCUT2D eigenvalue weighted by atomic mass is 16.3. The Bertz CT molecular complexity index is 810. The van der Waals surface area contributed by atoms with Gasteiger partial charge in [0.05, 0.1) is 17.5 Å². The van der Waals surface area contributed by atoms with Gasteiger partial charge in [0.25, 0.3) is 5.91 Å². The summed E-state index contributed by atoms with van der Waals surface area (Å²) in [5, 5.41) is 2.88. The van der Waals surface area contributed by atoms with Gasteiger partial charge < -0.3 is 14.3 Å². The molecular weight excluding hydrogens is 290 g/mol. The predicted molar refractivity (Wildman–Crippen MR) is 87.3 cm³/mol. The third-order valence-electron chi connectivity index (χ3n) is 4.11. The van der Waals surface area contributed by atoms with Crippen LogP contribution < -0.4 is 5.32 Å². The lowest BCUT2D eigenvalue weighted by atomic mass is 10.1. The van der Waals surface area contributed by atoms with Gasteiger partial charge in [-0.25, -0.2) is 4.98 Å². The molecule has 5 nitrogen and oxygen atoms in total. The SMILES string of the molecule is O=C(Nc1cccc(-c2cn3c(n2)CCCC3)c1)c1ccoc1. The maximum atomic E-state index is 12.1. The minimum Gasteiger partial charge on any atom is -0.472 e. The number of rotatable bonds is 3. The lowest BCUT2D eigenvalue weighted by molar-refractivity contribution is 0.102. The summed E-state index contributed by atoms with van der Waals surface area (Å²) in [5.41, 5.74) is 3.23. The molecule has 0 fully saturated rings. The average molecular weight is 307 g/mol. The maximum absolute atomic E-state index is 12.1. The van der Waals surface area contributed by atoms with Crippen LogP contribution in [-0.4, -0.2) is 15.5 Å². The lowest BCUT2D eigenvalue weighted by Gasteiger charge is -2.11. The van der Waals surface area contributed by atoms with Gasteiger partial charge in [0.2, 0.25) is 0 Å². The molecule has 1 amide bonds. The molecule has 1 aliphatic heterocycles. The summed E-state index contributed by atoms with van der Waals surface area (Å²) in [5.74, 6) is 0.971. The number of aryl methyl sites for hydroxylation is 2. The van der Waals surface area contributed by atoms with Gasteiger partial charge in [0.15, 0.2) is 0 Å². The number of nitrogens with one attached hydrogen (secondary N) is 1. The zero-order chi connectivity index (χ0) is 15.6. The van der Waals surface area contributed by atoms with E-state index >= 15 is 0 Å². The van der Waals surface area contributed by atoms with Crippen molar-refractivity contribution in [2.45, 2.75) is 25.8 Å². The molecule has 2 aromatic heterocycles. The predicted octanol–water partition coefficient (Wildman–Crippen LogP) is 3.73. The Morgan fingerprint density at radius 2 is 2.22 bits per heavy atom. The molecule has 0 aliphatic carbocycles. The third-order valence-corrected chi connectivity index (χ3v) is 4.11.